The maximum Gasteiger partial charge on any atom is 0.324 e. The van der Waals surface area contributed by atoms with Crippen LogP contribution in [0.4, 0.5) is 4.79 Å². The van der Waals surface area contributed by atoms with Crippen LogP contribution in [0.1, 0.15) is 57.2 Å². The molecular weight excluding hydrogens is 302 g/mol. The Bertz CT molecular complexity index is 568. The first-order chi connectivity index (χ1) is 11.4. The van der Waals surface area contributed by atoms with E-state index in [1.807, 2.05) is 0 Å². The van der Waals surface area contributed by atoms with Crippen LogP contribution in [0.5, 0.6) is 0 Å². The largest absolute Gasteiger partial charge is 0.336 e. The van der Waals surface area contributed by atoms with Crippen LogP contribution in [-0.2, 0) is 4.79 Å². The standard InChI is InChI=1S/C19H29N3O2/c1-5-14(4)15-6-8-16(9-7-15)18(13(2)3)21-12-17(23)22-11-10-20-19(22)24/h6-9,13-14,18,21H,5,10-12H2,1-4H3,(H,20,24)/t14-,18+/m0/s1. The lowest BCUT2D eigenvalue weighted by atomic mass is 9.92. The number of carbonyl (C=O) groups is 2. The minimum atomic E-state index is -0.291. The molecule has 1 aromatic carbocycles. The van der Waals surface area contributed by atoms with Gasteiger partial charge in [0.25, 0.3) is 0 Å². The molecule has 2 atom stereocenters. The number of urea groups is 1. The summed E-state index contributed by atoms with van der Waals surface area (Å²) in [6.45, 7) is 9.85. The number of carbonyl (C=O) groups excluding carboxylic acids is 2. The van der Waals surface area contributed by atoms with Gasteiger partial charge >= 0.3 is 6.03 Å². The Morgan fingerprint density at radius 1 is 1.21 bits per heavy atom. The van der Waals surface area contributed by atoms with Crippen molar-refractivity contribution >= 4 is 11.9 Å². The van der Waals surface area contributed by atoms with E-state index < -0.39 is 0 Å². The van der Waals surface area contributed by atoms with Crippen molar-refractivity contribution in [3.63, 3.8) is 0 Å². The fourth-order valence-corrected chi connectivity index (χ4v) is 3.01. The molecule has 24 heavy (non-hydrogen) atoms. The Hall–Kier alpha value is -1.88. The average Bonchev–Trinajstić information content (AvgIpc) is 3.00. The molecule has 0 saturated carbocycles. The normalized spacial score (nSPS) is 17.0. The van der Waals surface area contributed by atoms with E-state index in [1.165, 1.54) is 16.0 Å². The van der Waals surface area contributed by atoms with Gasteiger partial charge in [-0.1, -0.05) is 52.0 Å². The van der Waals surface area contributed by atoms with Gasteiger partial charge in [0.05, 0.1) is 6.54 Å². The Morgan fingerprint density at radius 2 is 1.83 bits per heavy atom. The van der Waals surface area contributed by atoms with Crippen LogP contribution >= 0.6 is 0 Å². The molecule has 1 heterocycles. The molecule has 5 nitrogen and oxygen atoms in total. The summed E-state index contributed by atoms with van der Waals surface area (Å²) in [6.07, 6.45) is 1.12. The molecule has 1 fully saturated rings. The van der Waals surface area contributed by atoms with Gasteiger partial charge in [0, 0.05) is 19.1 Å². The number of rotatable bonds is 7. The molecule has 0 radical (unpaired) electrons. The number of hydrogen-bond acceptors (Lipinski definition) is 3. The molecule has 5 heteroatoms. The minimum Gasteiger partial charge on any atom is -0.336 e. The number of nitrogens with one attached hydrogen (secondary N) is 2. The highest BCUT2D eigenvalue weighted by atomic mass is 16.2. The Labute approximate surface area is 144 Å². The topological polar surface area (TPSA) is 61.4 Å². The molecule has 2 N–H and O–H groups in total. The SMILES string of the molecule is CC[C@H](C)c1ccc([C@H](NCC(=O)N2CCNC2=O)C(C)C)cc1. The number of benzene rings is 1. The maximum absolute atomic E-state index is 12.2. The van der Waals surface area contributed by atoms with Crippen LogP contribution in [-0.4, -0.2) is 36.5 Å². The Balaban J connectivity index is 2.01. The molecule has 1 saturated heterocycles. The summed E-state index contributed by atoms with van der Waals surface area (Å²) < 4.78 is 0. The third-order valence-electron chi connectivity index (χ3n) is 4.77. The lowest BCUT2D eigenvalue weighted by molar-refractivity contribution is -0.126. The molecule has 0 bridgehead atoms. The van der Waals surface area contributed by atoms with Gasteiger partial charge in [0.15, 0.2) is 0 Å². The van der Waals surface area contributed by atoms with Crippen molar-refractivity contribution in [2.75, 3.05) is 19.6 Å². The third-order valence-corrected chi connectivity index (χ3v) is 4.77. The zero-order chi connectivity index (χ0) is 17.7. The van der Waals surface area contributed by atoms with Crippen molar-refractivity contribution in [1.82, 2.24) is 15.5 Å². The quantitative estimate of drug-likeness (QED) is 0.807. The van der Waals surface area contributed by atoms with Gasteiger partial charge in [-0.3, -0.25) is 9.69 Å². The molecule has 2 rings (SSSR count). The second kappa shape index (κ2) is 8.29. The highest BCUT2D eigenvalue weighted by Gasteiger charge is 2.26. The number of nitrogens with zero attached hydrogens (tertiary/aromatic N) is 1. The fraction of sp³-hybridized carbons (Fsp3) is 0.579. The number of hydrogen-bond donors (Lipinski definition) is 2. The van der Waals surface area contributed by atoms with Crippen molar-refractivity contribution in [3.8, 4) is 0 Å². The number of imide groups is 1. The Morgan fingerprint density at radius 3 is 2.33 bits per heavy atom. The van der Waals surface area contributed by atoms with E-state index in [0.29, 0.717) is 24.9 Å². The molecule has 1 aliphatic heterocycles. The molecule has 0 unspecified atom stereocenters. The van der Waals surface area contributed by atoms with Crippen LogP contribution in [0.25, 0.3) is 0 Å². The summed E-state index contributed by atoms with van der Waals surface area (Å²) in [5.74, 6) is 0.728. The van der Waals surface area contributed by atoms with Crippen LogP contribution < -0.4 is 10.6 Å². The monoisotopic (exact) mass is 331 g/mol. The molecular formula is C19H29N3O2. The summed E-state index contributed by atoms with van der Waals surface area (Å²) in [5, 5.41) is 5.98. The smallest absolute Gasteiger partial charge is 0.324 e. The first-order valence-corrected chi connectivity index (χ1v) is 8.85. The second-order valence-electron chi connectivity index (χ2n) is 6.86. The van der Waals surface area contributed by atoms with Gasteiger partial charge in [-0.05, 0) is 29.4 Å². The van der Waals surface area contributed by atoms with Crippen molar-refractivity contribution in [3.05, 3.63) is 35.4 Å². The van der Waals surface area contributed by atoms with Gasteiger partial charge in [-0.25, -0.2) is 4.79 Å². The van der Waals surface area contributed by atoms with Gasteiger partial charge in [0.1, 0.15) is 0 Å². The minimum absolute atomic E-state index is 0.0885. The second-order valence-corrected chi connectivity index (χ2v) is 6.86. The van der Waals surface area contributed by atoms with E-state index in [-0.39, 0.29) is 24.5 Å². The van der Waals surface area contributed by atoms with Gasteiger partial charge in [0.2, 0.25) is 5.91 Å². The first-order valence-electron chi connectivity index (χ1n) is 8.85. The molecule has 0 aromatic heterocycles. The van der Waals surface area contributed by atoms with Gasteiger partial charge in [-0.15, -0.1) is 0 Å². The molecule has 0 spiro atoms. The lowest BCUT2D eigenvalue weighted by Gasteiger charge is -2.24. The van der Waals surface area contributed by atoms with Crippen molar-refractivity contribution in [2.45, 2.75) is 46.1 Å². The van der Waals surface area contributed by atoms with Gasteiger partial charge < -0.3 is 10.6 Å². The predicted octanol–water partition coefficient (Wildman–Crippen LogP) is 3.04. The third kappa shape index (κ3) is 4.35. The van der Waals surface area contributed by atoms with Crippen LogP contribution in [0.3, 0.4) is 0 Å². The van der Waals surface area contributed by atoms with Crippen LogP contribution in [0.2, 0.25) is 0 Å². The lowest BCUT2D eigenvalue weighted by Crippen LogP contribution is -2.41. The molecule has 0 aliphatic carbocycles. The van der Waals surface area contributed by atoms with Crippen molar-refractivity contribution in [1.29, 1.82) is 0 Å². The van der Waals surface area contributed by atoms with Crippen molar-refractivity contribution < 1.29 is 9.59 Å². The van der Waals surface area contributed by atoms with Crippen LogP contribution in [0.15, 0.2) is 24.3 Å². The van der Waals surface area contributed by atoms with E-state index >= 15 is 0 Å². The molecule has 3 amide bonds. The molecule has 1 aromatic rings. The number of amides is 3. The average molecular weight is 331 g/mol. The predicted molar refractivity (Wildman–Crippen MR) is 95.8 cm³/mol. The van der Waals surface area contributed by atoms with Crippen molar-refractivity contribution in [2.24, 2.45) is 5.92 Å². The first kappa shape index (κ1) is 18.5. The highest BCUT2D eigenvalue weighted by molar-refractivity contribution is 5.96. The maximum atomic E-state index is 12.2. The fourth-order valence-electron chi connectivity index (χ4n) is 3.01. The summed E-state index contributed by atoms with van der Waals surface area (Å²) >= 11 is 0. The highest BCUT2D eigenvalue weighted by Crippen LogP contribution is 2.25. The van der Waals surface area contributed by atoms with Gasteiger partial charge in [-0.2, -0.15) is 0 Å². The summed E-state index contributed by atoms with van der Waals surface area (Å²) in [4.78, 5) is 25.0. The molecule has 1 aliphatic rings. The molecule has 132 valence electrons. The summed E-state index contributed by atoms with van der Waals surface area (Å²) in [6, 6.07) is 8.44. The summed E-state index contributed by atoms with van der Waals surface area (Å²) in [5.41, 5.74) is 2.52. The van der Waals surface area contributed by atoms with Crippen LogP contribution in [0, 0.1) is 5.92 Å². The summed E-state index contributed by atoms with van der Waals surface area (Å²) in [7, 11) is 0. The van der Waals surface area contributed by atoms with E-state index in [2.05, 4.69) is 62.6 Å². The Kier molecular flexibility index (Phi) is 6.37. The van der Waals surface area contributed by atoms with E-state index in [1.54, 1.807) is 0 Å². The van der Waals surface area contributed by atoms with E-state index in [0.717, 1.165) is 6.42 Å². The zero-order valence-corrected chi connectivity index (χ0v) is 15.1. The zero-order valence-electron chi connectivity index (χ0n) is 15.1. The van der Waals surface area contributed by atoms with E-state index in [4.69, 9.17) is 0 Å². The van der Waals surface area contributed by atoms with E-state index in [9.17, 15) is 9.59 Å².